The Labute approximate surface area is 246 Å². The molecule has 5 aromatic carbocycles. The molecule has 0 saturated heterocycles. The zero-order valence-electron chi connectivity index (χ0n) is 23.4. The highest BCUT2D eigenvalue weighted by atomic mass is 16.5. The van der Waals surface area contributed by atoms with Crippen LogP contribution in [0.5, 0.6) is 17.2 Å². The van der Waals surface area contributed by atoms with Gasteiger partial charge >= 0.3 is 5.97 Å². The number of esters is 1. The number of phenolic OH excluding ortho intramolecular Hbond substituents is 1. The number of benzene rings is 5. The second kappa shape index (κ2) is 12.3. The number of rotatable bonds is 10. The molecule has 0 aromatic heterocycles. The van der Waals surface area contributed by atoms with Gasteiger partial charge in [-0.05, 0) is 36.2 Å². The summed E-state index contributed by atoms with van der Waals surface area (Å²) in [5.41, 5.74) is 3.84. The smallest absolute Gasteiger partial charge is 0.321 e. The van der Waals surface area contributed by atoms with Crippen LogP contribution < -0.4 is 9.64 Å². The van der Waals surface area contributed by atoms with Crippen LogP contribution in [-0.4, -0.2) is 24.2 Å². The van der Waals surface area contributed by atoms with Crippen LogP contribution in [0.25, 0.3) is 0 Å². The van der Waals surface area contributed by atoms with Gasteiger partial charge in [-0.3, -0.25) is 4.79 Å². The number of nitrogens with one attached hydrogen (secondary N) is 1. The molecule has 0 atom stereocenters. The molecule has 1 heterocycles. The van der Waals surface area contributed by atoms with E-state index in [0.717, 1.165) is 29.8 Å². The van der Waals surface area contributed by atoms with Crippen molar-refractivity contribution in [1.29, 1.82) is 0 Å². The fraction of sp³-hybridized carbons (Fsp3) is 0.162. The lowest BCUT2D eigenvalue weighted by atomic mass is 9.68. The third kappa shape index (κ3) is 5.78. The average Bonchev–Trinajstić information content (AvgIpc) is 3.03. The van der Waals surface area contributed by atoms with Crippen LogP contribution in [0.4, 0.5) is 0 Å². The second-order valence-corrected chi connectivity index (χ2v) is 10.8. The van der Waals surface area contributed by atoms with Crippen molar-refractivity contribution in [2.45, 2.75) is 24.9 Å². The maximum atomic E-state index is 14.5. The monoisotopic (exact) mass is 556 g/mol. The minimum absolute atomic E-state index is 0.183. The summed E-state index contributed by atoms with van der Waals surface area (Å²) >= 11 is 0. The molecule has 0 spiro atoms. The summed E-state index contributed by atoms with van der Waals surface area (Å²) in [7, 11) is 0. The Hall–Kier alpha value is -4.87. The van der Waals surface area contributed by atoms with E-state index in [4.69, 9.17) is 9.47 Å². The molecule has 2 N–H and O–H groups in total. The van der Waals surface area contributed by atoms with E-state index in [1.54, 1.807) is 12.1 Å². The number of hydrogen-bond acceptors (Lipinski definition) is 4. The highest BCUT2D eigenvalue weighted by Crippen LogP contribution is 2.50. The molecule has 0 bridgehead atoms. The quantitative estimate of drug-likeness (QED) is 0.212. The first kappa shape index (κ1) is 27.3. The Morgan fingerprint density at radius 1 is 0.643 bits per heavy atom. The molecule has 5 heteroatoms. The fourth-order valence-corrected chi connectivity index (χ4v) is 5.90. The Balaban J connectivity index is 1.30. The van der Waals surface area contributed by atoms with Crippen molar-refractivity contribution in [2.24, 2.45) is 0 Å². The number of carbonyl (C=O) groups excluding carboxylic acids is 1. The zero-order chi connectivity index (χ0) is 28.8. The van der Waals surface area contributed by atoms with E-state index in [1.165, 1.54) is 16.0 Å². The molecular formula is C37H34NO4+. The Morgan fingerprint density at radius 2 is 1.14 bits per heavy atom. The van der Waals surface area contributed by atoms with Gasteiger partial charge in [0.15, 0.2) is 0 Å². The van der Waals surface area contributed by atoms with E-state index in [2.05, 4.69) is 48.5 Å². The van der Waals surface area contributed by atoms with Gasteiger partial charge in [0.2, 0.25) is 0 Å². The molecule has 0 fully saturated rings. The van der Waals surface area contributed by atoms with E-state index >= 15 is 0 Å². The van der Waals surface area contributed by atoms with Crippen molar-refractivity contribution in [3.8, 4) is 17.2 Å². The Kier molecular flexibility index (Phi) is 8.02. The molecule has 5 nitrogen and oxygen atoms in total. The molecule has 210 valence electrons. The van der Waals surface area contributed by atoms with Crippen molar-refractivity contribution in [1.82, 2.24) is 0 Å². The summed E-state index contributed by atoms with van der Waals surface area (Å²) in [5, 5.41) is 9.92. The van der Waals surface area contributed by atoms with Gasteiger partial charge in [0.05, 0.1) is 0 Å². The van der Waals surface area contributed by atoms with Crippen molar-refractivity contribution in [3.05, 3.63) is 161 Å². The first-order valence-corrected chi connectivity index (χ1v) is 14.4. The Bertz CT molecular complexity index is 1550. The molecule has 0 amide bonds. The number of quaternary nitrogens is 1. The number of phenols is 1. The van der Waals surface area contributed by atoms with Crippen LogP contribution in [0, 0.1) is 0 Å². The zero-order valence-corrected chi connectivity index (χ0v) is 23.4. The molecule has 6 rings (SSSR count). The molecule has 42 heavy (non-hydrogen) atoms. The van der Waals surface area contributed by atoms with Gasteiger partial charge in [-0.1, -0.05) is 109 Å². The number of ether oxygens (including phenoxy) is 2. The van der Waals surface area contributed by atoms with Gasteiger partial charge in [-0.15, -0.1) is 0 Å². The maximum absolute atomic E-state index is 14.5. The van der Waals surface area contributed by atoms with Crippen molar-refractivity contribution in [3.63, 3.8) is 0 Å². The van der Waals surface area contributed by atoms with Gasteiger partial charge in [0, 0.05) is 22.3 Å². The van der Waals surface area contributed by atoms with Crippen LogP contribution >= 0.6 is 0 Å². The molecule has 5 aromatic rings. The van der Waals surface area contributed by atoms with Crippen LogP contribution in [0.15, 0.2) is 133 Å². The average molecular weight is 557 g/mol. The lowest BCUT2D eigenvalue weighted by Gasteiger charge is -2.38. The van der Waals surface area contributed by atoms with Gasteiger partial charge in [0.25, 0.3) is 0 Å². The molecule has 0 radical (unpaired) electrons. The van der Waals surface area contributed by atoms with Crippen molar-refractivity contribution < 1.29 is 24.3 Å². The van der Waals surface area contributed by atoms with Crippen molar-refractivity contribution >= 4 is 5.97 Å². The van der Waals surface area contributed by atoms with Crippen LogP contribution in [-0.2, 0) is 34.5 Å². The minimum Gasteiger partial charge on any atom is -0.508 e. The van der Waals surface area contributed by atoms with E-state index in [1.807, 2.05) is 72.8 Å². The first-order chi connectivity index (χ1) is 20.6. The third-order valence-electron chi connectivity index (χ3n) is 7.95. The number of fused-ring (bicyclic) bond motifs is 2. The Morgan fingerprint density at radius 3 is 1.69 bits per heavy atom. The predicted octanol–water partition coefficient (Wildman–Crippen LogP) is 5.86. The fourth-order valence-electron chi connectivity index (χ4n) is 5.90. The van der Waals surface area contributed by atoms with E-state index in [-0.39, 0.29) is 18.3 Å². The van der Waals surface area contributed by atoms with Gasteiger partial charge < -0.3 is 19.5 Å². The maximum Gasteiger partial charge on any atom is 0.321 e. The van der Waals surface area contributed by atoms with E-state index in [9.17, 15) is 9.90 Å². The second-order valence-electron chi connectivity index (χ2n) is 10.8. The normalized spacial score (nSPS) is 13.1. The lowest BCUT2D eigenvalue weighted by Crippen LogP contribution is -3.10. The predicted molar refractivity (Wildman–Crippen MR) is 163 cm³/mol. The summed E-state index contributed by atoms with van der Waals surface area (Å²) in [6.45, 7) is 2.58. The largest absolute Gasteiger partial charge is 0.508 e. The van der Waals surface area contributed by atoms with Crippen LogP contribution in [0.3, 0.4) is 0 Å². The lowest BCUT2D eigenvalue weighted by molar-refractivity contribution is -0.927. The highest BCUT2D eigenvalue weighted by Gasteiger charge is 2.49. The summed E-state index contributed by atoms with van der Waals surface area (Å²) in [6.07, 6.45) is 0.369. The summed E-state index contributed by atoms with van der Waals surface area (Å²) in [6, 6.07) is 43.3. The standard InChI is InChI=1S/C37H33NO4/c39-31-21-19-28(20-22-31)25-37(32-15-7-9-17-34(32)42-35-18-10-8-16-33(35)37)36(40)41-24-23-38(26-29-11-3-1-4-12-29)27-30-13-5-2-6-14-30/h1-22,39H,23-27H2/p+1. The van der Waals surface area contributed by atoms with Gasteiger partial charge in [-0.2, -0.15) is 0 Å². The number of carbonyl (C=O) groups is 1. The topological polar surface area (TPSA) is 60.2 Å². The first-order valence-electron chi connectivity index (χ1n) is 14.4. The molecule has 0 aliphatic carbocycles. The summed E-state index contributed by atoms with van der Waals surface area (Å²) < 4.78 is 12.5. The van der Waals surface area contributed by atoms with E-state index < -0.39 is 5.41 Å². The van der Waals surface area contributed by atoms with Gasteiger partial charge in [0.1, 0.15) is 48.9 Å². The SMILES string of the molecule is O=C(OCC[NH+](Cc1ccccc1)Cc1ccccc1)C1(Cc2ccc(O)cc2)c2ccccc2Oc2ccccc21. The summed E-state index contributed by atoms with van der Waals surface area (Å²) in [5.74, 6) is 1.17. The molecular weight excluding hydrogens is 522 g/mol. The number of hydrogen-bond donors (Lipinski definition) is 2. The van der Waals surface area contributed by atoms with E-state index in [0.29, 0.717) is 24.5 Å². The highest BCUT2D eigenvalue weighted by molar-refractivity contribution is 5.91. The molecule has 1 aliphatic heterocycles. The van der Waals surface area contributed by atoms with Gasteiger partial charge in [-0.25, -0.2) is 0 Å². The van der Waals surface area contributed by atoms with Crippen LogP contribution in [0.2, 0.25) is 0 Å². The number of aromatic hydroxyl groups is 1. The minimum atomic E-state index is -1.11. The molecule has 0 saturated carbocycles. The molecule has 1 aliphatic rings. The van der Waals surface area contributed by atoms with Crippen molar-refractivity contribution in [2.75, 3.05) is 13.2 Å². The number of para-hydroxylation sites is 2. The summed E-state index contributed by atoms with van der Waals surface area (Å²) in [4.78, 5) is 15.8. The molecule has 0 unspecified atom stereocenters. The van der Waals surface area contributed by atoms with Crippen LogP contribution in [0.1, 0.15) is 27.8 Å². The third-order valence-corrected chi connectivity index (χ3v) is 7.95.